The van der Waals surface area contributed by atoms with Crippen molar-refractivity contribution in [2.24, 2.45) is 0 Å². The van der Waals surface area contributed by atoms with E-state index in [-0.39, 0.29) is 11.7 Å². The number of carbonyl (C=O) groups excluding carboxylic acids is 1. The molecule has 0 aliphatic rings. The normalized spacial score (nSPS) is 10.2. The van der Waals surface area contributed by atoms with E-state index in [0.29, 0.717) is 17.1 Å². The number of halogens is 2. The van der Waals surface area contributed by atoms with E-state index in [1.165, 1.54) is 19.1 Å². The van der Waals surface area contributed by atoms with Crippen LogP contribution in [0.4, 0.5) is 15.8 Å². The molecule has 0 radical (unpaired) electrons. The molecule has 0 aliphatic heterocycles. The molecule has 0 saturated carbocycles. The van der Waals surface area contributed by atoms with Crippen LogP contribution in [0.1, 0.15) is 12.5 Å². The van der Waals surface area contributed by atoms with Crippen LogP contribution in [0.2, 0.25) is 5.02 Å². The van der Waals surface area contributed by atoms with Gasteiger partial charge < -0.3 is 10.6 Å². The Hall–Kier alpha value is -2.07. The fraction of sp³-hybridized carbons (Fsp3) is 0.133. The first-order chi connectivity index (χ1) is 9.54. The molecule has 0 spiro atoms. The Bertz CT molecular complexity index is 614. The highest BCUT2D eigenvalue weighted by molar-refractivity contribution is 6.30. The molecule has 0 heterocycles. The quantitative estimate of drug-likeness (QED) is 0.892. The van der Waals surface area contributed by atoms with Crippen molar-refractivity contribution in [3.8, 4) is 0 Å². The lowest BCUT2D eigenvalue weighted by atomic mass is 10.2. The summed E-state index contributed by atoms with van der Waals surface area (Å²) in [6.07, 6.45) is 0. The second kappa shape index (κ2) is 6.39. The first-order valence-corrected chi connectivity index (χ1v) is 6.48. The van der Waals surface area contributed by atoms with Gasteiger partial charge in [-0.2, -0.15) is 0 Å². The maximum absolute atomic E-state index is 13.5. The van der Waals surface area contributed by atoms with Crippen LogP contribution >= 0.6 is 11.6 Å². The predicted octanol–water partition coefficient (Wildman–Crippen LogP) is 4.05. The fourth-order valence-corrected chi connectivity index (χ4v) is 1.95. The second-order valence-electron chi connectivity index (χ2n) is 4.35. The molecule has 5 heteroatoms. The van der Waals surface area contributed by atoms with Gasteiger partial charge in [0.15, 0.2) is 0 Å². The van der Waals surface area contributed by atoms with Gasteiger partial charge in [0.05, 0.1) is 0 Å². The zero-order chi connectivity index (χ0) is 14.5. The first kappa shape index (κ1) is 14.3. The molecular formula is C15H14ClFN2O. The van der Waals surface area contributed by atoms with Crippen LogP contribution < -0.4 is 10.6 Å². The van der Waals surface area contributed by atoms with E-state index >= 15 is 0 Å². The zero-order valence-electron chi connectivity index (χ0n) is 10.9. The van der Waals surface area contributed by atoms with Gasteiger partial charge >= 0.3 is 0 Å². The molecule has 0 fully saturated rings. The lowest BCUT2D eigenvalue weighted by Gasteiger charge is -2.09. The van der Waals surface area contributed by atoms with E-state index < -0.39 is 0 Å². The van der Waals surface area contributed by atoms with Gasteiger partial charge in [-0.15, -0.1) is 0 Å². The maximum Gasteiger partial charge on any atom is 0.221 e. The molecule has 3 nitrogen and oxygen atoms in total. The van der Waals surface area contributed by atoms with Crippen molar-refractivity contribution in [1.82, 2.24) is 0 Å². The van der Waals surface area contributed by atoms with Gasteiger partial charge in [-0.25, -0.2) is 4.39 Å². The van der Waals surface area contributed by atoms with Crippen molar-refractivity contribution in [2.75, 3.05) is 10.6 Å². The smallest absolute Gasteiger partial charge is 0.221 e. The first-order valence-electron chi connectivity index (χ1n) is 6.10. The molecule has 104 valence electrons. The van der Waals surface area contributed by atoms with Crippen LogP contribution in [0.15, 0.2) is 42.5 Å². The average molecular weight is 293 g/mol. The highest BCUT2D eigenvalue weighted by atomic mass is 35.5. The number of benzene rings is 2. The zero-order valence-corrected chi connectivity index (χ0v) is 11.7. The molecule has 2 rings (SSSR count). The second-order valence-corrected chi connectivity index (χ2v) is 4.78. The average Bonchev–Trinajstić information content (AvgIpc) is 2.41. The molecule has 0 unspecified atom stereocenters. The molecule has 0 bridgehead atoms. The van der Waals surface area contributed by atoms with E-state index in [1.54, 1.807) is 18.2 Å². The third-order valence-electron chi connectivity index (χ3n) is 2.70. The van der Waals surface area contributed by atoms with Gasteiger partial charge in [0.25, 0.3) is 0 Å². The minimum atomic E-state index is -0.295. The van der Waals surface area contributed by atoms with Crippen LogP contribution in [0, 0.1) is 5.82 Å². The Morgan fingerprint density at radius 1 is 1.15 bits per heavy atom. The summed E-state index contributed by atoms with van der Waals surface area (Å²) < 4.78 is 13.5. The minimum absolute atomic E-state index is 0.119. The number of amides is 1. The van der Waals surface area contributed by atoms with Gasteiger partial charge in [-0.05, 0) is 42.5 Å². The molecule has 1 amide bonds. The molecule has 0 atom stereocenters. The van der Waals surface area contributed by atoms with Gasteiger partial charge in [0, 0.05) is 35.4 Å². The van der Waals surface area contributed by atoms with Crippen LogP contribution in [-0.2, 0) is 11.3 Å². The molecule has 0 aliphatic carbocycles. The molecular weight excluding hydrogens is 279 g/mol. The van der Waals surface area contributed by atoms with Crippen LogP contribution in [0.3, 0.4) is 0 Å². The Kier molecular flexibility index (Phi) is 4.58. The Morgan fingerprint density at radius 3 is 2.45 bits per heavy atom. The van der Waals surface area contributed by atoms with Crippen LogP contribution in [0.5, 0.6) is 0 Å². The summed E-state index contributed by atoms with van der Waals surface area (Å²) in [5, 5.41) is 6.28. The Morgan fingerprint density at radius 2 is 1.80 bits per heavy atom. The minimum Gasteiger partial charge on any atom is -0.381 e. The number of anilines is 2. The SMILES string of the molecule is CC(=O)Nc1ccc(NCc2cc(Cl)ccc2F)cc1. The lowest BCUT2D eigenvalue weighted by Crippen LogP contribution is -2.06. The predicted molar refractivity (Wildman–Crippen MR) is 79.5 cm³/mol. The summed E-state index contributed by atoms with van der Waals surface area (Å²) in [7, 11) is 0. The molecule has 2 aromatic carbocycles. The van der Waals surface area contributed by atoms with Gasteiger partial charge in [0.1, 0.15) is 5.82 Å². The van der Waals surface area contributed by atoms with Gasteiger partial charge in [-0.3, -0.25) is 4.79 Å². The van der Waals surface area contributed by atoms with Gasteiger partial charge in [0.2, 0.25) is 5.91 Å². The van der Waals surface area contributed by atoms with Gasteiger partial charge in [-0.1, -0.05) is 11.6 Å². The van der Waals surface area contributed by atoms with Crippen molar-refractivity contribution >= 4 is 28.9 Å². The molecule has 0 aromatic heterocycles. The topological polar surface area (TPSA) is 41.1 Å². The highest BCUT2D eigenvalue weighted by Crippen LogP contribution is 2.18. The van der Waals surface area contributed by atoms with E-state index in [0.717, 1.165) is 11.4 Å². The summed E-state index contributed by atoms with van der Waals surface area (Å²) >= 11 is 5.83. The number of nitrogens with one attached hydrogen (secondary N) is 2. The largest absolute Gasteiger partial charge is 0.381 e. The van der Waals surface area contributed by atoms with E-state index in [4.69, 9.17) is 11.6 Å². The molecule has 20 heavy (non-hydrogen) atoms. The summed E-state index contributed by atoms with van der Waals surface area (Å²) in [5.74, 6) is -0.413. The van der Waals surface area contributed by atoms with Crippen molar-refractivity contribution in [3.63, 3.8) is 0 Å². The fourth-order valence-electron chi connectivity index (χ4n) is 1.75. The Labute approximate surface area is 121 Å². The maximum atomic E-state index is 13.5. The van der Waals surface area contributed by atoms with Crippen molar-refractivity contribution in [3.05, 3.63) is 58.9 Å². The van der Waals surface area contributed by atoms with E-state index in [1.807, 2.05) is 12.1 Å². The number of rotatable bonds is 4. The summed E-state index contributed by atoms with van der Waals surface area (Å²) in [4.78, 5) is 10.9. The molecule has 0 saturated heterocycles. The number of hydrogen-bond acceptors (Lipinski definition) is 2. The van der Waals surface area contributed by atoms with Crippen molar-refractivity contribution in [2.45, 2.75) is 13.5 Å². The van der Waals surface area contributed by atoms with E-state index in [2.05, 4.69) is 10.6 Å². The third-order valence-corrected chi connectivity index (χ3v) is 2.93. The third kappa shape index (κ3) is 3.96. The van der Waals surface area contributed by atoms with Crippen molar-refractivity contribution in [1.29, 1.82) is 0 Å². The van der Waals surface area contributed by atoms with E-state index in [9.17, 15) is 9.18 Å². The highest BCUT2D eigenvalue weighted by Gasteiger charge is 2.03. The van der Waals surface area contributed by atoms with Crippen LogP contribution in [0.25, 0.3) is 0 Å². The summed E-state index contributed by atoms with van der Waals surface area (Å²) in [6.45, 7) is 1.79. The standard InChI is InChI=1S/C15H14ClFN2O/c1-10(20)19-14-5-3-13(4-6-14)18-9-11-8-12(16)2-7-15(11)17/h2-8,18H,9H2,1H3,(H,19,20). The monoisotopic (exact) mass is 292 g/mol. The summed E-state index contributed by atoms with van der Waals surface area (Å²) in [6, 6.07) is 11.6. The Balaban J connectivity index is 2.00. The van der Waals surface area contributed by atoms with Crippen LogP contribution in [-0.4, -0.2) is 5.91 Å². The lowest BCUT2D eigenvalue weighted by molar-refractivity contribution is -0.114. The number of carbonyl (C=O) groups is 1. The van der Waals surface area contributed by atoms with Crippen molar-refractivity contribution < 1.29 is 9.18 Å². The molecule has 2 N–H and O–H groups in total. The number of hydrogen-bond donors (Lipinski definition) is 2. The summed E-state index contributed by atoms with van der Waals surface area (Å²) in [5.41, 5.74) is 2.05. The molecule has 2 aromatic rings.